The summed E-state index contributed by atoms with van der Waals surface area (Å²) in [5.74, 6) is 1.69. The summed E-state index contributed by atoms with van der Waals surface area (Å²) in [5, 5.41) is 10.3. The Bertz CT molecular complexity index is 2840. The first kappa shape index (κ1) is 28.2. The summed E-state index contributed by atoms with van der Waals surface area (Å²) in [6.07, 6.45) is 0. The van der Waals surface area contributed by atoms with Gasteiger partial charge in [-0.1, -0.05) is 133 Å². The molecular weight excluding hydrogens is 611 g/mol. The molecule has 0 spiro atoms. The lowest BCUT2D eigenvalue weighted by Crippen LogP contribution is -2.02. The molecule has 5 nitrogen and oxygen atoms in total. The summed E-state index contributed by atoms with van der Waals surface area (Å²) in [7, 11) is 0. The number of nitrogens with zero attached hydrogens (tertiary/aromatic N) is 5. The highest BCUT2D eigenvalue weighted by molar-refractivity contribution is 6.22. The van der Waals surface area contributed by atoms with Crippen LogP contribution in [-0.4, -0.2) is 24.9 Å². The number of pyridine rings is 2. The normalized spacial score (nSPS) is 11.6. The molecular formula is C45H27N5. The van der Waals surface area contributed by atoms with Gasteiger partial charge in [-0.2, -0.15) is 0 Å². The first-order chi connectivity index (χ1) is 24.7. The van der Waals surface area contributed by atoms with Gasteiger partial charge in [0.25, 0.3) is 0 Å². The van der Waals surface area contributed by atoms with E-state index in [4.69, 9.17) is 24.9 Å². The zero-order valence-electron chi connectivity index (χ0n) is 26.8. The van der Waals surface area contributed by atoms with E-state index in [0.29, 0.717) is 23.2 Å². The third-order valence-electron chi connectivity index (χ3n) is 9.46. The van der Waals surface area contributed by atoms with Crippen molar-refractivity contribution < 1.29 is 0 Å². The van der Waals surface area contributed by atoms with Gasteiger partial charge in [0.05, 0.1) is 16.9 Å². The second kappa shape index (κ2) is 11.4. The molecule has 232 valence electrons. The lowest BCUT2D eigenvalue weighted by Gasteiger charge is -2.13. The molecule has 7 aromatic carbocycles. The minimum atomic E-state index is 0.503. The Morgan fingerprint density at radius 3 is 1.54 bits per heavy atom. The van der Waals surface area contributed by atoms with Crippen LogP contribution in [0.15, 0.2) is 164 Å². The second-order valence-corrected chi connectivity index (χ2v) is 12.5. The number of benzene rings is 7. The van der Waals surface area contributed by atoms with Gasteiger partial charge in [-0.15, -0.1) is 0 Å². The van der Waals surface area contributed by atoms with Crippen LogP contribution in [0.5, 0.6) is 0 Å². The topological polar surface area (TPSA) is 64.5 Å². The van der Waals surface area contributed by atoms with Gasteiger partial charge in [0.2, 0.25) is 0 Å². The van der Waals surface area contributed by atoms with Gasteiger partial charge in [0.1, 0.15) is 5.69 Å². The molecule has 0 atom stereocenters. The number of para-hydroxylation sites is 1. The third kappa shape index (κ3) is 4.75. The summed E-state index contributed by atoms with van der Waals surface area (Å²) >= 11 is 0. The van der Waals surface area contributed by atoms with Crippen molar-refractivity contribution in [3.8, 4) is 45.7 Å². The molecule has 0 aliphatic carbocycles. The highest BCUT2D eigenvalue weighted by atomic mass is 15.0. The van der Waals surface area contributed by atoms with Crippen LogP contribution in [0, 0.1) is 0 Å². The van der Waals surface area contributed by atoms with Crippen LogP contribution >= 0.6 is 0 Å². The molecule has 0 saturated carbocycles. The molecule has 5 heteroatoms. The number of hydrogen-bond acceptors (Lipinski definition) is 5. The van der Waals surface area contributed by atoms with Crippen LogP contribution < -0.4 is 0 Å². The van der Waals surface area contributed by atoms with E-state index in [1.54, 1.807) is 0 Å². The highest BCUT2D eigenvalue weighted by Gasteiger charge is 2.17. The van der Waals surface area contributed by atoms with Crippen LogP contribution in [0.2, 0.25) is 0 Å². The average molecular weight is 638 g/mol. The van der Waals surface area contributed by atoms with Crippen LogP contribution in [0.4, 0.5) is 0 Å². The van der Waals surface area contributed by atoms with Crippen molar-refractivity contribution in [2.75, 3.05) is 0 Å². The van der Waals surface area contributed by atoms with Crippen molar-refractivity contribution in [1.82, 2.24) is 24.9 Å². The lowest BCUT2D eigenvalue weighted by molar-refractivity contribution is 1.06. The zero-order valence-corrected chi connectivity index (χ0v) is 26.8. The van der Waals surface area contributed by atoms with Crippen molar-refractivity contribution in [2.45, 2.75) is 0 Å². The molecule has 0 aliphatic rings. The van der Waals surface area contributed by atoms with E-state index >= 15 is 0 Å². The Balaban J connectivity index is 1.18. The zero-order chi connectivity index (χ0) is 33.0. The molecule has 0 bridgehead atoms. The van der Waals surface area contributed by atoms with E-state index in [0.717, 1.165) is 60.3 Å². The Morgan fingerprint density at radius 2 is 0.840 bits per heavy atom. The molecule has 10 aromatic rings. The molecule has 0 amide bonds. The summed E-state index contributed by atoms with van der Waals surface area (Å²) < 4.78 is 0. The molecule has 0 saturated heterocycles. The minimum Gasteiger partial charge on any atom is -0.245 e. The number of rotatable bonds is 4. The van der Waals surface area contributed by atoms with E-state index in [1.165, 1.54) is 16.2 Å². The van der Waals surface area contributed by atoms with E-state index in [9.17, 15) is 0 Å². The molecule has 3 aromatic heterocycles. The van der Waals surface area contributed by atoms with E-state index in [1.807, 2.05) is 36.4 Å². The Hall–Kier alpha value is -6.85. The second-order valence-electron chi connectivity index (χ2n) is 12.5. The lowest BCUT2D eigenvalue weighted by atomic mass is 9.96. The Kier molecular flexibility index (Phi) is 6.42. The van der Waals surface area contributed by atoms with E-state index < -0.39 is 0 Å². The van der Waals surface area contributed by atoms with E-state index in [2.05, 4.69) is 127 Å². The molecule has 0 aliphatic heterocycles. The van der Waals surface area contributed by atoms with Gasteiger partial charge in [0.15, 0.2) is 17.5 Å². The van der Waals surface area contributed by atoms with Gasteiger partial charge in [0, 0.05) is 27.3 Å². The number of hydrogen-bond donors (Lipinski definition) is 0. The monoisotopic (exact) mass is 637 g/mol. The number of fused-ring (bicyclic) bond motifs is 7. The van der Waals surface area contributed by atoms with Gasteiger partial charge in [-0.25, -0.2) is 24.9 Å². The summed E-state index contributed by atoms with van der Waals surface area (Å²) in [5.41, 5.74) is 4.99. The maximum absolute atomic E-state index is 5.20. The molecule has 0 radical (unpaired) electrons. The van der Waals surface area contributed by atoms with Gasteiger partial charge >= 0.3 is 0 Å². The largest absolute Gasteiger partial charge is 0.245 e. The minimum absolute atomic E-state index is 0.503. The molecule has 0 N–H and O–H groups in total. The van der Waals surface area contributed by atoms with Gasteiger partial charge in [-0.05, 0) is 62.6 Å². The smallest absolute Gasteiger partial charge is 0.182 e. The predicted molar refractivity (Wildman–Crippen MR) is 205 cm³/mol. The average Bonchev–Trinajstić information content (AvgIpc) is 3.19. The molecule has 0 fully saturated rings. The van der Waals surface area contributed by atoms with Crippen LogP contribution in [0.1, 0.15) is 0 Å². The standard InChI is InChI=1S/C45H27N5/c1-3-13-31-26-33(22-20-28(31)10-1)43-48-44(34-23-21-29-11-2-4-14-32(29)27-34)50-45(49-43)40-19-9-18-39(46-40)42-37-25-24-30-12-5-6-15-35(30)41(37)36-16-7-8-17-38(36)47-42/h1-27H. The quantitative estimate of drug-likeness (QED) is 0.180. The third-order valence-corrected chi connectivity index (χ3v) is 9.46. The molecule has 0 unspecified atom stereocenters. The maximum Gasteiger partial charge on any atom is 0.182 e. The molecule has 50 heavy (non-hydrogen) atoms. The summed E-state index contributed by atoms with van der Waals surface area (Å²) in [6.45, 7) is 0. The van der Waals surface area contributed by atoms with E-state index in [-0.39, 0.29) is 0 Å². The fraction of sp³-hybridized carbons (Fsp3) is 0. The SMILES string of the molecule is c1cc(-c2nc(-c3ccc4ccccc4c3)nc(-c3ccc4ccccc4c3)n2)nc(-c2nc3ccccc3c3c2ccc2ccccc23)c1. The van der Waals surface area contributed by atoms with Crippen LogP contribution in [0.3, 0.4) is 0 Å². The number of aromatic nitrogens is 5. The van der Waals surface area contributed by atoms with Crippen LogP contribution in [0.25, 0.3) is 99.7 Å². The first-order valence-corrected chi connectivity index (χ1v) is 16.7. The van der Waals surface area contributed by atoms with Crippen molar-refractivity contribution in [1.29, 1.82) is 0 Å². The highest BCUT2D eigenvalue weighted by Crippen LogP contribution is 2.37. The van der Waals surface area contributed by atoms with Gasteiger partial charge < -0.3 is 0 Å². The Morgan fingerprint density at radius 1 is 0.300 bits per heavy atom. The Labute approximate surface area is 287 Å². The molecule has 10 rings (SSSR count). The van der Waals surface area contributed by atoms with Gasteiger partial charge in [-0.3, -0.25) is 0 Å². The maximum atomic E-state index is 5.20. The summed E-state index contributed by atoms with van der Waals surface area (Å²) in [4.78, 5) is 25.5. The first-order valence-electron chi connectivity index (χ1n) is 16.7. The van der Waals surface area contributed by atoms with Crippen molar-refractivity contribution in [3.05, 3.63) is 164 Å². The van der Waals surface area contributed by atoms with Crippen molar-refractivity contribution >= 4 is 54.0 Å². The van der Waals surface area contributed by atoms with Crippen molar-refractivity contribution in [2.24, 2.45) is 0 Å². The summed E-state index contributed by atoms with van der Waals surface area (Å²) in [6, 6.07) is 56.5. The van der Waals surface area contributed by atoms with Crippen molar-refractivity contribution in [3.63, 3.8) is 0 Å². The fourth-order valence-electron chi connectivity index (χ4n) is 7.01. The predicted octanol–water partition coefficient (Wildman–Crippen LogP) is 11.1. The molecule has 3 heterocycles. The fourth-order valence-corrected chi connectivity index (χ4v) is 7.01. The van der Waals surface area contributed by atoms with Crippen LogP contribution in [-0.2, 0) is 0 Å².